The third-order valence-corrected chi connectivity index (χ3v) is 2.96. The molecule has 1 aromatic rings. The van der Waals surface area contributed by atoms with Crippen molar-refractivity contribution in [2.45, 2.75) is 38.6 Å². The van der Waals surface area contributed by atoms with Gasteiger partial charge in [0, 0.05) is 6.04 Å². The molecule has 1 atom stereocenters. The molecule has 0 aromatic heterocycles. The van der Waals surface area contributed by atoms with Crippen LogP contribution >= 0.6 is 0 Å². The van der Waals surface area contributed by atoms with E-state index in [1.807, 2.05) is 0 Å². The molecule has 0 saturated heterocycles. The van der Waals surface area contributed by atoms with E-state index >= 15 is 0 Å². The molecule has 1 aromatic carbocycles. The van der Waals surface area contributed by atoms with E-state index in [0.717, 1.165) is 12.8 Å². The second-order valence-corrected chi connectivity index (χ2v) is 4.26. The molecule has 2 rings (SSSR count). The molecule has 0 aliphatic heterocycles. The molecular weight excluding hydrogens is 158 g/mol. The SMILES string of the molecule is CC(C)c1ccc2c(c1)CCC2N. The second kappa shape index (κ2) is 3.15. The Kier molecular flexibility index (Phi) is 2.12. The number of hydrogen-bond donors (Lipinski definition) is 1. The maximum absolute atomic E-state index is 5.97. The summed E-state index contributed by atoms with van der Waals surface area (Å²) >= 11 is 0. The van der Waals surface area contributed by atoms with Crippen molar-refractivity contribution in [3.05, 3.63) is 34.9 Å². The van der Waals surface area contributed by atoms with Crippen molar-refractivity contribution >= 4 is 0 Å². The summed E-state index contributed by atoms with van der Waals surface area (Å²) in [6.45, 7) is 4.47. The normalized spacial score (nSPS) is 20.8. The molecule has 13 heavy (non-hydrogen) atoms. The quantitative estimate of drug-likeness (QED) is 0.697. The number of nitrogens with two attached hydrogens (primary N) is 1. The highest BCUT2D eigenvalue weighted by Gasteiger charge is 2.18. The van der Waals surface area contributed by atoms with Crippen LogP contribution in [-0.4, -0.2) is 0 Å². The van der Waals surface area contributed by atoms with Crippen molar-refractivity contribution in [2.24, 2.45) is 5.73 Å². The Bertz CT molecular complexity index is 315. The van der Waals surface area contributed by atoms with E-state index in [0.29, 0.717) is 5.92 Å². The molecule has 0 spiro atoms. The van der Waals surface area contributed by atoms with E-state index in [4.69, 9.17) is 5.73 Å². The van der Waals surface area contributed by atoms with Gasteiger partial charge in [0.15, 0.2) is 0 Å². The molecule has 1 heteroatoms. The van der Waals surface area contributed by atoms with E-state index in [9.17, 15) is 0 Å². The molecular formula is C12H17N. The molecule has 0 amide bonds. The van der Waals surface area contributed by atoms with E-state index in [1.54, 1.807) is 0 Å². The van der Waals surface area contributed by atoms with Gasteiger partial charge in [-0.25, -0.2) is 0 Å². The highest BCUT2D eigenvalue weighted by Crippen LogP contribution is 2.31. The zero-order chi connectivity index (χ0) is 9.42. The first-order chi connectivity index (χ1) is 6.18. The number of fused-ring (bicyclic) bond motifs is 1. The largest absolute Gasteiger partial charge is 0.324 e. The lowest BCUT2D eigenvalue weighted by molar-refractivity contribution is 0.713. The first kappa shape index (κ1) is 8.76. The molecule has 2 N–H and O–H groups in total. The van der Waals surface area contributed by atoms with Crippen LogP contribution in [0.4, 0.5) is 0 Å². The molecule has 1 nitrogen and oxygen atoms in total. The molecule has 0 heterocycles. The summed E-state index contributed by atoms with van der Waals surface area (Å²) in [4.78, 5) is 0. The summed E-state index contributed by atoms with van der Waals surface area (Å²) in [6.07, 6.45) is 2.29. The van der Waals surface area contributed by atoms with Crippen LogP contribution in [-0.2, 0) is 6.42 Å². The lowest BCUT2D eigenvalue weighted by Crippen LogP contribution is -2.05. The van der Waals surface area contributed by atoms with Gasteiger partial charge in [0.05, 0.1) is 0 Å². The van der Waals surface area contributed by atoms with E-state index in [-0.39, 0.29) is 6.04 Å². The van der Waals surface area contributed by atoms with Crippen LogP contribution in [0.25, 0.3) is 0 Å². The fourth-order valence-electron chi connectivity index (χ4n) is 2.03. The van der Waals surface area contributed by atoms with Crippen molar-refractivity contribution in [3.63, 3.8) is 0 Å². The molecule has 0 saturated carbocycles. The predicted molar refractivity (Wildman–Crippen MR) is 55.8 cm³/mol. The van der Waals surface area contributed by atoms with Crippen LogP contribution in [0.2, 0.25) is 0 Å². The van der Waals surface area contributed by atoms with Crippen LogP contribution in [0.15, 0.2) is 18.2 Å². The Hall–Kier alpha value is -0.820. The van der Waals surface area contributed by atoms with Crippen molar-refractivity contribution in [3.8, 4) is 0 Å². The van der Waals surface area contributed by atoms with Gasteiger partial charge in [0.25, 0.3) is 0 Å². The molecule has 1 aliphatic carbocycles. The standard InChI is InChI=1S/C12H17N/c1-8(2)9-3-5-11-10(7-9)4-6-12(11)13/h3,5,7-8,12H,4,6,13H2,1-2H3. The maximum atomic E-state index is 5.97. The lowest BCUT2D eigenvalue weighted by atomic mass is 9.98. The van der Waals surface area contributed by atoms with E-state index < -0.39 is 0 Å². The minimum absolute atomic E-state index is 0.288. The monoisotopic (exact) mass is 175 g/mol. The van der Waals surface area contributed by atoms with Crippen molar-refractivity contribution in [1.29, 1.82) is 0 Å². The summed E-state index contributed by atoms with van der Waals surface area (Å²) in [5.74, 6) is 0.627. The topological polar surface area (TPSA) is 26.0 Å². The molecule has 70 valence electrons. The van der Waals surface area contributed by atoms with Crippen LogP contribution in [0.3, 0.4) is 0 Å². The number of aryl methyl sites for hydroxylation is 1. The van der Waals surface area contributed by atoms with Gasteiger partial charge in [0.2, 0.25) is 0 Å². The molecule has 0 radical (unpaired) electrons. The van der Waals surface area contributed by atoms with Gasteiger partial charge in [-0.05, 0) is 35.4 Å². The lowest BCUT2D eigenvalue weighted by Gasteiger charge is -2.09. The predicted octanol–water partition coefficient (Wildman–Crippen LogP) is 2.76. The number of rotatable bonds is 1. The zero-order valence-corrected chi connectivity index (χ0v) is 8.38. The molecule has 0 fully saturated rings. The van der Waals surface area contributed by atoms with Crippen LogP contribution in [0, 0.1) is 0 Å². The summed E-state index contributed by atoms with van der Waals surface area (Å²) in [6, 6.07) is 7.04. The van der Waals surface area contributed by atoms with Gasteiger partial charge < -0.3 is 5.73 Å². The fraction of sp³-hybridized carbons (Fsp3) is 0.500. The highest BCUT2D eigenvalue weighted by molar-refractivity contribution is 5.38. The summed E-state index contributed by atoms with van der Waals surface area (Å²) in [5, 5.41) is 0. The van der Waals surface area contributed by atoms with Crippen molar-refractivity contribution < 1.29 is 0 Å². The molecule has 1 aliphatic rings. The first-order valence-corrected chi connectivity index (χ1v) is 5.07. The summed E-state index contributed by atoms with van der Waals surface area (Å²) in [5.41, 5.74) is 10.2. The van der Waals surface area contributed by atoms with Crippen molar-refractivity contribution in [2.75, 3.05) is 0 Å². The molecule has 0 bridgehead atoms. The Labute approximate surface area is 80.0 Å². The van der Waals surface area contributed by atoms with E-state index in [2.05, 4.69) is 32.0 Å². The van der Waals surface area contributed by atoms with Gasteiger partial charge in [-0.3, -0.25) is 0 Å². The Morgan fingerprint density at radius 1 is 1.38 bits per heavy atom. The Morgan fingerprint density at radius 2 is 2.15 bits per heavy atom. The fourth-order valence-corrected chi connectivity index (χ4v) is 2.03. The highest BCUT2D eigenvalue weighted by atomic mass is 14.6. The average Bonchev–Trinajstić information content (AvgIpc) is 2.47. The summed E-state index contributed by atoms with van der Waals surface area (Å²) in [7, 11) is 0. The minimum atomic E-state index is 0.288. The number of hydrogen-bond acceptors (Lipinski definition) is 1. The van der Waals surface area contributed by atoms with Gasteiger partial charge in [-0.15, -0.1) is 0 Å². The Balaban J connectivity index is 2.40. The van der Waals surface area contributed by atoms with Gasteiger partial charge in [-0.1, -0.05) is 32.0 Å². The van der Waals surface area contributed by atoms with E-state index in [1.165, 1.54) is 16.7 Å². The Morgan fingerprint density at radius 3 is 2.85 bits per heavy atom. The van der Waals surface area contributed by atoms with Crippen LogP contribution < -0.4 is 5.73 Å². The second-order valence-electron chi connectivity index (χ2n) is 4.26. The first-order valence-electron chi connectivity index (χ1n) is 5.07. The average molecular weight is 175 g/mol. The molecule has 1 unspecified atom stereocenters. The minimum Gasteiger partial charge on any atom is -0.324 e. The third-order valence-electron chi connectivity index (χ3n) is 2.96. The summed E-state index contributed by atoms with van der Waals surface area (Å²) < 4.78 is 0. The van der Waals surface area contributed by atoms with Crippen LogP contribution in [0.5, 0.6) is 0 Å². The smallest absolute Gasteiger partial charge is 0.0300 e. The van der Waals surface area contributed by atoms with Gasteiger partial charge >= 0.3 is 0 Å². The van der Waals surface area contributed by atoms with Gasteiger partial charge in [0.1, 0.15) is 0 Å². The van der Waals surface area contributed by atoms with Gasteiger partial charge in [-0.2, -0.15) is 0 Å². The van der Waals surface area contributed by atoms with Crippen molar-refractivity contribution in [1.82, 2.24) is 0 Å². The number of benzene rings is 1. The zero-order valence-electron chi connectivity index (χ0n) is 8.38. The van der Waals surface area contributed by atoms with Crippen LogP contribution in [0.1, 0.15) is 48.9 Å². The maximum Gasteiger partial charge on any atom is 0.0300 e. The third kappa shape index (κ3) is 1.49.